The van der Waals surface area contributed by atoms with Gasteiger partial charge < -0.3 is 9.84 Å². The lowest BCUT2D eigenvalue weighted by Crippen LogP contribution is -2.55. The molecule has 4 saturated carbocycles. The molecule has 4 fully saturated rings. The summed E-state index contributed by atoms with van der Waals surface area (Å²) in [6, 6.07) is 5.76. The number of pyridine rings is 1. The van der Waals surface area contributed by atoms with Crippen molar-refractivity contribution in [2.45, 2.75) is 32.1 Å². The zero-order chi connectivity index (χ0) is 17.7. The number of aromatic amines is 1. The number of carboxylic acid groups (broad SMARTS) is 1. The molecule has 136 valence electrons. The van der Waals surface area contributed by atoms with Gasteiger partial charge in [-0.15, -0.1) is 0 Å². The molecule has 4 bridgehead atoms. The molecule has 0 amide bonds. The average molecular weight is 353 g/mol. The van der Waals surface area contributed by atoms with Crippen LogP contribution in [-0.2, 0) is 4.79 Å². The summed E-state index contributed by atoms with van der Waals surface area (Å²) in [5, 5.41) is 16.6. The van der Waals surface area contributed by atoms with E-state index < -0.39 is 11.4 Å². The molecule has 4 aliphatic carbocycles. The van der Waals surface area contributed by atoms with Gasteiger partial charge in [0.15, 0.2) is 0 Å². The first-order valence-corrected chi connectivity index (χ1v) is 9.45. The van der Waals surface area contributed by atoms with Crippen LogP contribution in [0.2, 0.25) is 0 Å². The molecule has 2 N–H and O–H groups in total. The Balaban J connectivity index is 1.26. The molecule has 1 unspecified atom stereocenters. The molecule has 2 aromatic rings. The number of carboxylic acids is 1. The number of carbonyl (C=O) groups is 1. The molecule has 6 heteroatoms. The molecule has 6 rings (SSSR count). The maximum absolute atomic E-state index is 11.8. The van der Waals surface area contributed by atoms with E-state index in [0.29, 0.717) is 30.3 Å². The second-order valence-corrected chi connectivity index (χ2v) is 8.38. The molecule has 0 spiro atoms. The van der Waals surface area contributed by atoms with Crippen LogP contribution in [0, 0.1) is 29.1 Å². The second kappa shape index (κ2) is 5.83. The van der Waals surface area contributed by atoms with Crippen molar-refractivity contribution in [3.05, 3.63) is 30.6 Å². The molecular weight excluding hydrogens is 330 g/mol. The first-order chi connectivity index (χ1) is 12.6. The lowest BCUT2D eigenvalue weighted by molar-refractivity contribution is -0.172. The first-order valence-electron chi connectivity index (χ1n) is 9.45. The van der Waals surface area contributed by atoms with Gasteiger partial charge in [-0.3, -0.25) is 14.9 Å². The van der Waals surface area contributed by atoms with E-state index in [4.69, 9.17) is 4.74 Å². The van der Waals surface area contributed by atoms with E-state index in [1.807, 2.05) is 18.2 Å². The number of hydrogen-bond acceptors (Lipinski definition) is 4. The minimum absolute atomic E-state index is 0.444. The second-order valence-electron chi connectivity index (χ2n) is 8.38. The van der Waals surface area contributed by atoms with Crippen LogP contribution < -0.4 is 4.74 Å². The van der Waals surface area contributed by atoms with Crippen molar-refractivity contribution in [1.82, 2.24) is 15.2 Å². The summed E-state index contributed by atoms with van der Waals surface area (Å²) in [6.45, 7) is 0.669. The van der Waals surface area contributed by atoms with Gasteiger partial charge >= 0.3 is 5.97 Å². The third-order valence-corrected chi connectivity index (χ3v) is 6.88. The largest absolute Gasteiger partial charge is 0.492 e. The summed E-state index contributed by atoms with van der Waals surface area (Å²) in [5.41, 5.74) is 1.28. The van der Waals surface area contributed by atoms with Crippen LogP contribution in [0.1, 0.15) is 32.1 Å². The Hall–Kier alpha value is -2.37. The standard InChI is InChI=1S/C20H23N3O3/c24-19(25)20-7-12-5-13(8-20)16(14(6-12)9-20)11-26-15-1-2-17(21-10-15)18-3-4-22-23-18/h1-4,10,12-14,16H,5-9,11H2,(H,22,23)(H,24,25)/t12?,13-,14+,16-,20-. The number of rotatable bonds is 5. The van der Waals surface area contributed by atoms with E-state index in [1.54, 1.807) is 12.4 Å². The fourth-order valence-corrected chi connectivity index (χ4v) is 5.88. The molecule has 26 heavy (non-hydrogen) atoms. The topological polar surface area (TPSA) is 88.1 Å². The highest BCUT2D eigenvalue weighted by atomic mass is 16.5. The van der Waals surface area contributed by atoms with Crippen LogP contribution in [0.15, 0.2) is 30.6 Å². The van der Waals surface area contributed by atoms with E-state index >= 15 is 0 Å². The molecule has 2 heterocycles. The van der Waals surface area contributed by atoms with Gasteiger partial charge in [0.25, 0.3) is 0 Å². The first kappa shape index (κ1) is 15.9. The van der Waals surface area contributed by atoms with Gasteiger partial charge in [0.1, 0.15) is 5.75 Å². The fraction of sp³-hybridized carbons (Fsp3) is 0.550. The zero-order valence-corrected chi connectivity index (χ0v) is 14.6. The van der Waals surface area contributed by atoms with Crippen molar-refractivity contribution in [2.75, 3.05) is 6.61 Å². The summed E-state index contributed by atoms with van der Waals surface area (Å²) in [4.78, 5) is 16.3. The Morgan fingerprint density at radius 2 is 2.04 bits per heavy atom. The summed E-state index contributed by atoms with van der Waals surface area (Å²) in [7, 11) is 0. The zero-order valence-electron chi connectivity index (χ0n) is 14.6. The number of H-pyrrole nitrogens is 1. The molecule has 0 radical (unpaired) electrons. The van der Waals surface area contributed by atoms with E-state index in [9.17, 15) is 9.90 Å². The maximum atomic E-state index is 11.8. The van der Waals surface area contributed by atoms with Crippen LogP contribution >= 0.6 is 0 Å². The van der Waals surface area contributed by atoms with Gasteiger partial charge in [-0.25, -0.2) is 0 Å². The summed E-state index contributed by atoms with van der Waals surface area (Å²) >= 11 is 0. The Bertz CT molecular complexity index is 786. The smallest absolute Gasteiger partial charge is 0.309 e. The van der Waals surface area contributed by atoms with Gasteiger partial charge in [-0.2, -0.15) is 5.10 Å². The van der Waals surface area contributed by atoms with Crippen LogP contribution in [0.5, 0.6) is 5.75 Å². The molecule has 2 aromatic heterocycles. The van der Waals surface area contributed by atoms with Gasteiger partial charge in [-0.05, 0) is 74.0 Å². The lowest BCUT2D eigenvalue weighted by atomic mass is 9.46. The molecule has 4 aliphatic rings. The third-order valence-electron chi connectivity index (χ3n) is 6.88. The van der Waals surface area contributed by atoms with Crippen LogP contribution in [0.3, 0.4) is 0 Å². The highest BCUT2D eigenvalue weighted by molar-refractivity contribution is 5.75. The van der Waals surface area contributed by atoms with Crippen LogP contribution in [0.25, 0.3) is 11.4 Å². The number of hydrogen-bond donors (Lipinski definition) is 2. The van der Waals surface area contributed by atoms with Crippen molar-refractivity contribution in [2.24, 2.45) is 29.1 Å². The normalized spacial score (nSPS) is 34.8. The molecule has 0 saturated heterocycles. The van der Waals surface area contributed by atoms with Crippen molar-refractivity contribution in [3.8, 4) is 17.1 Å². The summed E-state index contributed by atoms with van der Waals surface area (Å²) in [6.07, 6.45) is 8.37. The molecular formula is C20H23N3O3. The van der Waals surface area contributed by atoms with Crippen molar-refractivity contribution in [1.29, 1.82) is 0 Å². The molecule has 0 aromatic carbocycles. The van der Waals surface area contributed by atoms with E-state index in [1.165, 1.54) is 12.8 Å². The summed E-state index contributed by atoms with van der Waals surface area (Å²) in [5.74, 6) is 2.27. The van der Waals surface area contributed by atoms with Crippen molar-refractivity contribution < 1.29 is 14.6 Å². The van der Waals surface area contributed by atoms with E-state index in [0.717, 1.165) is 36.4 Å². The number of aromatic nitrogens is 3. The fourth-order valence-electron chi connectivity index (χ4n) is 5.88. The lowest BCUT2D eigenvalue weighted by Gasteiger charge is -2.58. The number of nitrogens with one attached hydrogen (secondary N) is 1. The van der Waals surface area contributed by atoms with Gasteiger partial charge in [0, 0.05) is 6.20 Å². The van der Waals surface area contributed by atoms with Crippen molar-refractivity contribution >= 4 is 5.97 Å². The average Bonchev–Trinajstić information content (AvgIpc) is 3.16. The Kier molecular flexibility index (Phi) is 3.55. The Morgan fingerprint density at radius 3 is 2.65 bits per heavy atom. The minimum atomic E-state index is -0.574. The van der Waals surface area contributed by atoms with E-state index in [2.05, 4.69) is 15.2 Å². The molecule has 5 atom stereocenters. The monoisotopic (exact) mass is 353 g/mol. The maximum Gasteiger partial charge on any atom is 0.309 e. The highest BCUT2D eigenvalue weighted by Gasteiger charge is 2.58. The number of ether oxygens (including phenoxy) is 1. The third kappa shape index (κ3) is 2.50. The highest BCUT2D eigenvalue weighted by Crippen LogP contribution is 2.62. The van der Waals surface area contributed by atoms with Gasteiger partial charge in [0.05, 0.1) is 29.6 Å². The van der Waals surface area contributed by atoms with Crippen LogP contribution in [0.4, 0.5) is 0 Å². The number of nitrogens with zero attached hydrogens (tertiary/aromatic N) is 2. The van der Waals surface area contributed by atoms with Gasteiger partial charge in [0.2, 0.25) is 0 Å². The Morgan fingerprint density at radius 1 is 1.23 bits per heavy atom. The number of aliphatic carboxylic acids is 1. The summed E-state index contributed by atoms with van der Waals surface area (Å²) < 4.78 is 6.06. The minimum Gasteiger partial charge on any atom is -0.492 e. The predicted molar refractivity (Wildman–Crippen MR) is 94.4 cm³/mol. The van der Waals surface area contributed by atoms with Crippen molar-refractivity contribution in [3.63, 3.8) is 0 Å². The Labute approximate surface area is 152 Å². The SMILES string of the molecule is O=C(O)[C@]12CC3C[C@H](C1)[C@@H](COc1ccc(-c4ccn[nH]4)nc1)[C@@H](C3)C2. The molecule has 6 nitrogen and oxygen atoms in total. The molecule has 0 aliphatic heterocycles. The van der Waals surface area contributed by atoms with Crippen LogP contribution in [-0.4, -0.2) is 32.9 Å². The van der Waals surface area contributed by atoms with Gasteiger partial charge in [-0.1, -0.05) is 0 Å². The van der Waals surface area contributed by atoms with E-state index in [-0.39, 0.29) is 0 Å². The predicted octanol–water partition coefficient (Wildman–Crippen LogP) is 3.38. The quantitative estimate of drug-likeness (QED) is 0.860.